The molecule has 2 atom stereocenters. The molecule has 1 aromatic heterocycles. The number of halogens is 1. The van der Waals surface area contributed by atoms with Crippen LogP contribution in [-0.4, -0.2) is 49.0 Å². The van der Waals surface area contributed by atoms with Crippen molar-refractivity contribution < 1.29 is 13.9 Å². The molecule has 0 unspecified atom stereocenters. The highest BCUT2D eigenvalue weighted by molar-refractivity contribution is 7.09. The van der Waals surface area contributed by atoms with Crippen molar-refractivity contribution in [2.24, 2.45) is 11.8 Å². The molecule has 1 fully saturated rings. The van der Waals surface area contributed by atoms with Gasteiger partial charge in [-0.05, 0) is 65.2 Å². The summed E-state index contributed by atoms with van der Waals surface area (Å²) < 4.78 is 18.9. The highest BCUT2D eigenvalue weighted by atomic mass is 32.1. The molecule has 1 aliphatic heterocycles. The Labute approximate surface area is 206 Å². The van der Waals surface area contributed by atoms with Gasteiger partial charge in [0.05, 0.1) is 7.11 Å². The fraction of sp³-hybridized carbons (Fsp3) is 0.393. The predicted molar refractivity (Wildman–Crippen MR) is 136 cm³/mol. The minimum Gasteiger partial charge on any atom is -0.497 e. The number of nitrogens with zero attached hydrogens (tertiary/aromatic N) is 2. The molecule has 0 radical (unpaired) electrons. The number of hydrogen-bond donors (Lipinski definition) is 0. The largest absolute Gasteiger partial charge is 0.497 e. The lowest BCUT2D eigenvalue weighted by molar-refractivity contribution is 0.0703. The lowest BCUT2D eigenvalue weighted by Crippen LogP contribution is -2.39. The van der Waals surface area contributed by atoms with Gasteiger partial charge in [0.1, 0.15) is 11.6 Å². The van der Waals surface area contributed by atoms with Gasteiger partial charge < -0.3 is 9.64 Å². The van der Waals surface area contributed by atoms with Crippen LogP contribution in [0.4, 0.5) is 4.39 Å². The zero-order valence-electron chi connectivity index (χ0n) is 20.1. The Bertz CT molecular complexity index is 1070. The van der Waals surface area contributed by atoms with E-state index in [1.165, 1.54) is 22.6 Å². The van der Waals surface area contributed by atoms with Gasteiger partial charge in [0.15, 0.2) is 0 Å². The fourth-order valence-corrected chi connectivity index (χ4v) is 5.63. The van der Waals surface area contributed by atoms with Crippen molar-refractivity contribution >= 4 is 17.2 Å². The highest BCUT2D eigenvalue weighted by Gasteiger charge is 2.36. The van der Waals surface area contributed by atoms with E-state index in [-0.39, 0.29) is 17.6 Å². The maximum atomic E-state index is 13.4. The SMILES string of the molecule is COc1cccc([C@@H]2CN(Cc3cccs3)C[C@@H]2CN(CC(C)C)C(=O)c2ccc(F)cc2)c1. The average molecular weight is 481 g/mol. The molecule has 0 aliphatic carbocycles. The quantitative estimate of drug-likeness (QED) is 0.382. The number of ether oxygens (including phenoxy) is 1. The lowest BCUT2D eigenvalue weighted by Gasteiger charge is -2.30. The van der Waals surface area contributed by atoms with E-state index in [0.29, 0.717) is 30.5 Å². The number of methoxy groups -OCH3 is 1. The Kier molecular flexibility index (Phi) is 8.01. The zero-order valence-corrected chi connectivity index (χ0v) is 20.9. The molecule has 3 aromatic rings. The molecule has 0 saturated carbocycles. The van der Waals surface area contributed by atoms with Crippen molar-refractivity contribution in [2.45, 2.75) is 26.3 Å². The maximum absolute atomic E-state index is 13.4. The summed E-state index contributed by atoms with van der Waals surface area (Å²) >= 11 is 1.78. The summed E-state index contributed by atoms with van der Waals surface area (Å²) in [7, 11) is 1.69. The van der Waals surface area contributed by atoms with Crippen molar-refractivity contribution in [1.29, 1.82) is 0 Å². The van der Waals surface area contributed by atoms with E-state index in [2.05, 4.69) is 48.4 Å². The Morgan fingerprint density at radius 2 is 1.94 bits per heavy atom. The Morgan fingerprint density at radius 1 is 1.15 bits per heavy atom. The molecule has 0 N–H and O–H groups in total. The van der Waals surface area contributed by atoms with E-state index >= 15 is 0 Å². The normalized spacial score (nSPS) is 18.4. The molecule has 4 rings (SSSR count). The van der Waals surface area contributed by atoms with Crippen LogP contribution in [0.5, 0.6) is 5.75 Å². The van der Waals surface area contributed by atoms with Crippen LogP contribution in [-0.2, 0) is 6.54 Å². The van der Waals surface area contributed by atoms with Gasteiger partial charge in [-0.1, -0.05) is 32.0 Å². The molecule has 0 spiro atoms. The summed E-state index contributed by atoms with van der Waals surface area (Å²) in [4.78, 5) is 19.2. The fourth-order valence-electron chi connectivity index (χ4n) is 4.89. The third kappa shape index (κ3) is 6.05. The van der Waals surface area contributed by atoms with Gasteiger partial charge >= 0.3 is 0 Å². The van der Waals surface area contributed by atoms with Crippen LogP contribution in [0, 0.1) is 17.7 Å². The maximum Gasteiger partial charge on any atom is 0.253 e. The number of amides is 1. The number of benzene rings is 2. The summed E-state index contributed by atoms with van der Waals surface area (Å²) in [5.41, 5.74) is 1.78. The van der Waals surface area contributed by atoms with Crippen LogP contribution in [0.1, 0.15) is 40.6 Å². The Hall–Kier alpha value is -2.70. The first kappa shape index (κ1) is 24.4. The summed E-state index contributed by atoms with van der Waals surface area (Å²) in [6.07, 6.45) is 0. The van der Waals surface area contributed by atoms with Crippen LogP contribution in [0.25, 0.3) is 0 Å². The van der Waals surface area contributed by atoms with Crippen LogP contribution < -0.4 is 4.74 Å². The molecule has 34 heavy (non-hydrogen) atoms. The van der Waals surface area contributed by atoms with Gasteiger partial charge in [0.2, 0.25) is 0 Å². The summed E-state index contributed by atoms with van der Waals surface area (Å²) in [6, 6.07) is 18.5. The number of rotatable bonds is 9. The number of carbonyl (C=O) groups is 1. The van der Waals surface area contributed by atoms with E-state index in [1.807, 2.05) is 17.0 Å². The average Bonchev–Trinajstić information content (AvgIpc) is 3.48. The molecular weight excluding hydrogens is 447 g/mol. The van der Waals surface area contributed by atoms with E-state index in [9.17, 15) is 9.18 Å². The van der Waals surface area contributed by atoms with E-state index in [4.69, 9.17) is 4.74 Å². The van der Waals surface area contributed by atoms with Gasteiger partial charge in [-0.15, -0.1) is 11.3 Å². The summed E-state index contributed by atoms with van der Waals surface area (Å²) in [5, 5.41) is 2.12. The minimum absolute atomic E-state index is 0.0326. The van der Waals surface area contributed by atoms with E-state index in [1.54, 1.807) is 30.6 Å². The monoisotopic (exact) mass is 480 g/mol. The number of thiophene rings is 1. The smallest absolute Gasteiger partial charge is 0.253 e. The van der Waals surface area contributed by atoms with Gasteiger partial charge in [-0.3, -0.25) is 9.69 Å². The Balaban J connectivity index is 1.59. The number of likely N-dealkylation sites (tertiary alicyclic amines) is 1. The van der Waals surface area contributed by atoms with Gasteiger partial charge in [-0.25, -0.2) is 4.39 Å². The van der Waals surface area contributed by atoms with E-state index < -0.39 is 0 Å². The standard InChI is InChI=1S/C28H33FN2O2S/c1-20(2)15-31(28(32)21-9-11-24(29)12-10-21)17-23-16-30(18-26-8-5-13-34-26)19-27(23)22-6-4-7-25(14-22)33-3/h4-14,20,23,27H,15-19H2,1-3H3/t23-,27+/m1/s1. The van der Waals surface area contributed by atoms with Crippen molar-refractivity contribution in [3.05, 3.63) is 87.9 Å². The van der Waals surface area contributed by atoms with Crippen molar-refractivity contribution in [1.82, 2.24) is 9.80 Å². The first-order chi connectivity index (χ1) is 16.4. The van der Waals surface area contributed by atoms with Crippen molar-refractivity contribution in [2.75, 3.05) is 33.3 Å². The molecule has 4 nitrogen and oxygen atoms in total. The molecule has 2 heterocycles. The summed E-state index contributed by atoms with van der Waals surface area (Å²) in [5.74, 6) is 1.42. The molecule has 1 saturated heterocycles. The molecule has 180 valence electrons. The zero-order chi connectivity index (χ0) is 24.1. The molecule has 1 amide bonds. The second kappa shape index (κ2) is 11.2. The van der Waals surface area contributed by atoms with Crippen LogP contribution in [0.15, 0.2) is 66.0 Å². The molecule has 6 heteroatoms. The van der Waals surface area contributed by atoms with Crippen molar-refractivity contribution in [3.8, 4) is 5.75 Å². The van der Waals surface area contributed by atoms with Crippen LogP contribution >= 0.6 is 11.3 Å². The topological polar surface area (TPSA) is 32.8 Å². The van der Waals surface area contributed by atoms with Gasteiger partial charge in [0.25, 0.3) is 5.91 Å². The molecule has 0 bridgehead atoms. The second-order valence-corrected chi connectivity index (χ2v) is 10.6. The molecule has 2 aromatic carbocycles. The molecule has 1 aliphatic rings. The van der Waals surface area contributed by atoms with Gasteiger partial charge in [-0.2, -0.15) is 0 Å². The third-order valence-electron chi connectivity index (χ3n) is 6.42. The van der Waals surface area contributed by atoms with Crippen molar-refractivity contribution in [3.63, 3.8) is 0 Å². The predicted octanol–water partition coefficient (Wildman–Crippen LogP) is 5.91. The van der Waals surface area contributed by atoms with Crippen LogP contribution in [0.3, 0.4) is 0 Å². The molecular formula is C28H33FN2O2S. The summed E-state index contributed by atoms with van der Waals surface area (Å²) in [6.45, 7) is 8.37. The number of carbonyl (C=O) groups excluding carboxylic acids is 1. The minimum atomic E-state index is -0.329. The van der Waals surface area contributed by atoms with E-state index in [0.717, 1.165) is 25.4 Å². The third-order valence-corrected chi connectivity index (χ3v) is 7.28. The highest BCUT2D eigenvalue weighted by Crippen LogP contribution is 2.36. The lowest BCUT2D eigenvalue weighted by atomic mass is 9.88. The number of hydrogen-bond acceptors (Lipinski definition) is 4. The first-order valence-electron chi connectivity index (χ1n) is 11.9. The Morgan fingerprint density at radius 3 is 2.62 bits per heavy atom. The van der Waals surface area contributed by atoms with Crippen LogP contribution in [0.2, 0.25) is 0 Å². The first-order valence-corrected chi connectivity index (χ1v) is 12.7. The van der Waals surface area contributed by atoms with Gasteiger partial charge in [0, 0.05) is 49.1 Å². The second-order valence-electron chi connectivity index (χ2n) is 9.53.